The second-order valence-electron chi connectivity index (χ2n) is 5.24. The van der Waals surface area contributed by atoms with Gasteiger partial charge in [0.15, 0.2) is 5.11 Å². The first-order valence-electron chi connectivity index (χ1n) is 7.53. The Hall–Kier alpha value is -1.62. The van der Waals surface area contributed by atoms with Gasteiger partial charge in [0.1, 0.15) is 5.75 Å². The number of hydrogen-bond donors (Lipinski definition) is 2. The van der Waals surface area contributed by atoms with Gasteiger partial charge < -0.3 is 15.4 Å². The zero-order valence-corrected chi connectivity index (χ0v) is 13.2. The number of hydrogen-bond acceptors (Lipinski definition) is 3. The molecule has 2 rings (SSSR count). The van der Waals surface area contributed by atoms with Crippen molar-refractivity contribution in [1.29, 1.82) is 0 Å². The quantitative estimate of drug-likeness (QED) is 0.836. The molecular weight excluding hydrogens is 284 g/mol. The first-order chi connectivity index (χ1) is 10.2. The van der Waals surface area contributed by atoms with E-state index in [1.165, 1.54) is 6.42 Å². The predicted octanol–water partition coefficient (Wildman–Crippen LogP) is 3.48. The first kappa shape index (κ1) is 15.8. The van der Waals surface area contributed by atoms with Crippen molar-refractivity contribution >= 4 is 28.9 Å². The third-order valence-corrected chi connectivity index (χ3v) is 3.84. The molecule has 1 aliphatic carbocycles. The van der Waals surface area contributed by atoms with Gasteiger partial charge in [-0.05, 0) is 56.2 Å². The van der Waals surface area contributed by atoms with Crippen LogP contribution >= 0.6 is 12.2 Å². The van der Waals surface area contributed by atoms with Crippen molar-refractivity contribution in [2.24, 2.45) is 5.92 Å². The van der Waals surface area contributed by atoms with Crippen LogP contribution in [-0.2, 0) is 4.79 Å². The highest BCUT2D eigenvalue weighted by atomic mass is 32.1. The summed E-state index contributed by atoms with van der Waals surface area (Å²) < 4.78 is 5.38. The molecular formula is C16H22N2O2S. The number of carbonyl (C=O) groups excluding carboxylic acids is 1. The highest BCUT2D eigenvalue weighted by Gasteiger charge is 2.21. The van der Waals surface area contributed by atoms with Crippen LogP contribution < -0.4 is 15.4 Å². The Balaban J connectivity index is 1.81. The maximum Gasteiger partial charge on any atom is 0.229 e. The molecule has 5 heteroatoms. The fraction of sp³-hybridized carbons (Fsp3) is 0.500. The summed E-state index contributed by atoms with van der Waals surface area (Å²) in [5, 5.41) is 6.17. The lowest BCUT2D eigenvalue weighted by Crippen LogP contribution is -2.38. The molecule has 0 radical (unpaired) electrons. The van der Waals surface area contributed by atoms with Gasteiger partial charge in [0.2, 0.25) is 5.91 Å². The topological polar surface area (TPSA) is 50.4 Å². The summed E-state index contributed by atoms with van der Waals surface area (Å²) in [5.41, 5.74) is 0.840. The molecule has 2 N–H and O–H groups in total. The van der Waals surface area contributed by atoms with Crippen molar-refractivity contribution in [3.8, 4) is 5.75 Å². The van der Waals surface area contributed by atoms with Gasteiger partial charge in [-0.1, -0.05) is 19.3 Å². The van der Waals surface area contributed by atoms with Crippen LogP contribution in [-0.4, -0.2) is 17.6 Å². The van der Waals surface area contributed by atoms with Crippen LogP contribution in [0.15, 0.2) is 24.3 Å². The van der Waals surface area contributed by atoms with E-state index in [9.17, 15) is 4.79 Å². The minimum atomic E-state index is 0.0399. The van der Waals surface area contributed by atoms with Gasteiger partial charge in [0.05, 0.1) is 6.61 Å². The van der Waals surface area contributed by atoms with E-state index in [0.717, 1.165) is 37.1 Å². The van der Waals surface area contributed by atoms with E-state index in [1.807, 2.05) is 31.2 Å². The maximum atomic E-state index is 12.1. The van der Waals surface area contributed by atoms with Gasteiger partial charge in [0.25, 0.3) is 0 Å². The number of rotatable bonds is 4. The second kappa shape index (κ2) is 7.98. The molecule has 114 valence electrons. The van der Waals surface area contributed by atoms with Crippen molar-refractivity contribution < 1.29 is 9.53 Å². The number of thiocarbonyl (C=S) groups is 1. The van der Waals surface area contributed by atoms with E-state index in [1.54, 1.807) is 0 Å². The smallest absolute Gasteiger partial charge is 0.229 e. The van der Waals surface area contributed by atoms with E-state index in [2.05, 4.69) is 10.6 Å². The zero-order chi connectivity index (χ0) is 15.1. The SMILES string of the molecule is CCOc1ccc(NC(=S)NC(=O)C2CCCCC2)cc1. The van der Waals surface area contributed by atoms with Crippen LogP contribution in [0.1, 0.15) is 39.0 Å². The summed E-state index contributed by atoms with van der Waals surface area (Å²) >= 11 is 5.19. The summed E-state index contributed by atoms with van der Waals surface area (Å²) in [6, 6.07) is 7.50. The number of nitrogens with one attached hydrogen (secondary N) is 2. The van der Waals surface area contributed by atoms with Crippen LogP contribution in [0.25, 0.3) is 0 Å². The van der Waals surface area contributed by atoms with Gasteiger partial charge in [-0.2, -0.15) is 0 Å². The molecule has 0 spiro atoms. The van der Waals surface area contributed by atoms with Gasteiger partial charge in [0, 0.05) is 11.6 Å². The van der Waals surface area contributed by atoms with E-state index < -0.39 is 0 Å². The minimum Gasteiger partial charge on any atom is -0.494 e. The lowest BCUT2D eigenvalue weighted by Gasteiger charge is -2.21. The molecule has 1 aromatic carbocycles. The fourth-order valence-electron chi connectivity index (χ4n) is 2.54. The van der Waals surface area contributed by atoms with E-state index in [4.69, 9.17) is 17.0 Å². The van der Waals surface area contributed by atoms with Crippen molar-refractivity contribution in [3.63, 3.8) is 0 Å². The summed E-state index contributed by atoms with van der Waals surface area (Å²) in [6.45, 7) is 2.59. The van der Waals surface area contributed by atoms with Crippen LogP contribution in [0.3, 0.4) is 0 Å². The Morgan fingerprint density at radius 1 is 1.24 bits per heavy atom. The molecule has 0 bridgehead atoms. The number of carbonyl (C=O) groups is 1. The average Bonchev–Trinajstić information content (AvgIpc) is 2.50. The van der Waals surface area contributed by atoms with Crippen molar-refractivity contribution in [2.45, 2.75) is 39.0 Å². The number of ether oxygens (including phenoxy) is 1. The Morgan fingerprint density at radius 3 is 2.52 bits per heavy atom. The van der Waals surface area contributed by atoms with Crippen LogP contribution in [0, 0.1) is 5.92 Å². The highest BCUT2D eigenvalue weighted by molar-refractivity contribution is 7.80. The predicted molar refractivity (Wildman–Crippen MR) is 88.5 cm³/mol. The monoisotopic (exact) mass is 306 g/mol. The summed E-state index contributed by atoms with van der Waals surface area (Å²) in [6.07, 6.45) is 5.45. The molecule has 1 fully saturated rings. The highest BCUT2D eigenvalue weighted by Crippen LogP contribution is 2.23. The third kappa shape index (κ3) is 5.01. The summed E-state index contributed by atoms with van der Waals surface area (Å²) in [5.74, 6) is 0.970. The number of amides is 1. The first-order valence-corrected chi connectivity index (χ1v) is 7.94. The molecule has 1 amide bonds. The zero-order valence-electron chi connectivity index (χ0n) is 12.4. The molecule has 21 heavy (non-hydrogen) atoms. The largest absolute Gasteiger partial charge is 0.494 e. The molecule has 1 saturated carbocycles. The lowest BCUT2D eigenvalue weighted by molar-refractivity contribution is -0.124. The molecule has 0 heterocycles. The Labute approximate surface area is 131 Å². The van der Waals surface area contributed by atoms with Crippen molar-refractivity contribution in [2.75, 3.05) is 11.9 Å². The Kier molecular flexibility index (Phi) is 5.99. The molecule has 0 saturated heterocycles. The molecule has 1 aromatic rings. The Bertz CT molecular complexity index is 482. The van der Waals surface area contributed by atoms with E-state index in [0.29, 0.717) is 11.7 Å². The normalized spacial score (nSPS) is 15.3. The van der Waals surface area contributed by atoms with E-state index >= 15 is 0 Å². The third-order valence-electron chi connectivity index (χ3n) is 3.64. The Morgan fingerprint density at radius 2 is 1.90 bits per heavy atom. The molecule has 0 aliphatic heterocycles. The minimum absolute atomic E-state index is 0.0399. The average molecular weight is 306 g/mol. The number of anilines is 1. The molecule has 1 aliphatic rings. The van der Waals surface area contributed by atoms with Crippen LogP contribution in [0.2, 0.25) is 0 Å². The van der Waals surface area contributed by atoms with Gasteiger partial charge in [-0.3, -0.25) is 4.79 Å². The molecule has 0 aromatic heterocycles. The number of benzene rings is 1. The maximum absolute atomic E-state index is 12.1. The molecule has 0 atom stereocenters. The summed E-state index contributed by atoms with van der Waals surface area (Å²) in [4.78, 5) is 12.1. The van der Waals surface area contributed by atoms with E-state index in [-0.39, 0.29) is 11.8 Å². The van der Waals surface area contributed by atoms with Crippen molar-refractivity contribution in [1.82, 2.24) is 5.32 Å². The van der Waals surface area contributed by atoms with Gasteiger partial charge in [-0.15, -0.1) is 0 Å². The van der Waals surface area contributed by atoms with Crippen LogP contribution in [0.4, 0.5) is 5.69 Å². The van der Waals surface area contributed by atoms with Crippen molar-refractivity contribution in [3.05, 3.63) is 24.3 Å². The van der Waals surface area contributed by atoms with Gasteiger partial charge in [-0.25, -0.2) is 0 Å². The van der Waals surface area contributed by atoms with Gasteiger partial charge >= 0.3 is 0 Å². The molecule has 0 unspecified atom stereocenters. The fourth-order valence-corrected chi connectivity index (χ4v) is 2.76. The molecule has 4 nitrogen and oxygen atoms in total. The van der Waals surface area contributed by atoms with Crippen LogP contribution in [0.5, 0.6) is 5.75 Å². The lowest BCUT2D eigenvalue weighted by atomic mass is 9.89. The second-order valence-corrected chi connectivity index (χ2v) is 5.64. The standard InChI is InChI=1S/C16H22N2O2S/c1-2-20-14-10-8-13(9-11-14)17-16(21)18-15(19)12-6-4-3-5-7-12/h8-12H,2-7H2,1H3,(H2,17,18,19,21). The summed E-state index contributed by atoms with van der Waals surface area (Å²) in [7, 11) is 0.